The summed E-state index contributed by atoms with van der Waals surface area (Å²) >= 11 is 12.8. The molecule has 0 heterocycles. The number of nitrogens with one attached hydrogen (secondary N) is 1. The molecule has 2 aromatic rings. The minimum absolute atomic E-state index is 0.0227. The van der Waals surface area contributed by atoms with Gasteiger partial charge in [-0.1, -0.05) is 68.2 Å². The van der Waals surface area contributed by atoms with Gasteiger partial charge in [0.2, 0.25) is 21.8 Å². The number of sulfonamides is 1. The summed E-state index contributed by atoms with van der Waals surface area (Å²) < 4.78 is 26.9. The van der Waals surface area contributed by atoms with E-state index in [1.165, 1.54) is 4.90 Å². The zero-order valence-electron chi connectivity index (χ0n) is 22.5. The number of rotatable bonds is 10. The van der Waals surface area contributed by atoms with Crippen LogP contribution < -0.4 is 9.62 Å². The van der Waals surface area contributed by atoms with E-state index in [2.05, 4.69) is 5.32 Å². The molecular weight excluding hydrogens is 533 g/mol. The third-order valence-electron chi connectivity index (χ3n) is 5.78. The monoisotopic (exact) mass is 569 g/mol. The van der Waals surface area contributed by atoms with Crippen molar-refractivity contribution < 1.29 is 18.0 Å². The zero-order chi connectivity index (χ0) is 28.1. The number of carbonyl (C=O) groups is 2. The first-order valence-electron chi connectivity index (χ1n) is 12.2. The standard InChI is InChI=1S/C27H37Cl2N3O4S/c1-8-23(26(34)30-27(4,5)6)31(16-20-21(28)13-11-14-22(20)29)25(33)17-32(37(7,35)36)24-15-10-9-12-19(24)18(2)3/h9-15,18,23H,8,16-17H2,1-7H3,(H,30,34). The fourth-order valence-electron chi connectivity index (χ4n) is 4.02. The van der Waals surface area contributed by atoms with Crippen molar-refractivity contribution in [2.24, 2.45) is 0 Å². The van der Waals surface area contributed by atoms with Crippen molar-refractivity contribution in [1.82, 2.24) is 10.2 Å². The van der Waals surface area contributed by atoms with E-state index in [1.54, 1.807) is 37.3 Å². The molecule has 0 fully saturated rings. The maximum Gasteiger partial charge on any atom is 0.244 e. The Morgan fingerprint density at radius 2 is 1.57 bits per heavy atom. The molecular formula is C27H37Cl2N3O4S. The number of nitrogens with zero attached hydrogens (tertiary/aromatic N) is 2. The second-order valence-electron chi connectivity index (χ2n) is 10.4. The van der Waals surface area contributed by atoms with Crippen molar-refractivity contribution in [2.75, 3.05) is 17.1 Å². The van der Waals surface area contributed by atoms with Crippen LogP contribution in [-0.4, -0.2) is 49.5 Å². The Morgan fingerprint density at radius 3 is 2.05 bits per heavy atom. The van der Waals surface area contributed by atoms with E-state index >= 15 is 0 Å². The molecule has 2 rings (SSSR count). The van der Waals surface area contributed by atoms with Gasteiger partial charge in [-0.2, -0.15) is 0 Å². The number of halogens is 2. The summed E-state index contributed by atoms with van der Waals surface area (Å²) in [5.74, 6) is -0.870. The molecule has 7 nitrogen and oxygen atoms in total. The van der Waals surface area contributed by atoms with E-state index in [0.717, 1.165) is 16.1 Å². The lowest BCUT2D eigenvalue weighted by molar-refractivity contribution is -0.141. The topological polar surface area (TPSA) is 86.8 Å². The van der Waals surface area contributed by atoms with E-state index < -0.39 is 34.1 Å². The van der Waals surface area contributed by atoms with E-state index in [9.17, 15) is 18.0 Å². The molecule has 1 unspecified atom stereocenters. The highest BCUT2D eigenvalue weighted by molar-refractivity contribution is 7.92. The summed E-state index contributed by atoms with van der Waals surface area (Å²) in [6.45, 7) is 10.7. The molecule has 0 bridgehead atoms. The first-order chi connectivity index (χ1) is 17.1. The summed E-state index contributed by atoms with van der Waals surface area (Å²) in [4.78, 5) is 28.6. The lowest BCUT2D eigenvalue weighted by Crippen LogP contribution is -2.55. The highest BCUT2D eigenvalue weighted by Crippen LogP contribution is 2.30. The quantitative estimate of drug-likeness (QED) is 0.403. The van der Waals surface area contributed by atoms with Crippen LogP contribution in [0.4, 0.5) is 5.69 Å². The molecule has 0 spiro atoms. The van der Waals surface area contributed by atoms with Crippen LogP contribution in [0.3, 0.4) is 0 Å². The molecule has 0 aliphatic heterocycles. The van der Waals surface area contributed by atoms with Crippen LogP contribution >= 0.6 is 23.2 Å². The maximum atomic E-state index is 13.9. The number of hydrogen-bond donors (Lipinski definition) is 1. The second-order valence-corrected chi connectivity index (χ2v) is 13.1. The largest absolute Gasteiger partial charge is 0.350 e. The number of carbonyl (C=O) groups excluding carboxylic acids is 2. The Morgan fingerprint density at radius 1 is 1.00 bits per heavy atom. The van der Waals surface area contributed by atoms with Crippen LogP contribution in [0.1, 0.15) is 65.0 Å². The van der Waals surface area contributed by atoms with Gasteiger partial charge in [-0.25, -0.2) is 8.42 Å². The van der Waals surface area contributed by atoms with Crippen LogP contribution in [-0.2, 0) is 26.2 Å². The van der Waals surface area contributed by atoms with Crippen molar-refractivity contribution >= 4 is 50.7 Å². The highest BCUT2D eigenvalue weighted by Gasteiger charge is 2.34. The Hall–Kier alpha value is -2.29. The summed E-state index contributed by atoms with van der Waals surface area (Å²) in [5, 5.41) is 3.63. The highest BCUT2D eigenvalue weighted by atomic mass is 35.5. The SMILES string of the molecule is CCC(C(=O)NC(C)(C)C)N(Cc1c(Cl)cccc1Cl)C(=O)CN(c1ccccc1C(C)C)S(C)(=O)=O. The molecule has 2 amide bonds. The normalized spacial score (nSPS) is 12.8. The average molecular weight is 571 g/mol. The fraction of sp³-hybridized carbons (Fsp3) is 0.481. The first kappa shape index (κ1) is 30.9. The Balaban J connectivity index is 2.59. The predicted octanol–water partition coefficient (Wildman–Crippen LogP) is 5.60. The molecule has 1 atom stereocenters. The van der Waals surface area contributed by atoms with Gasteiger partial charge in [0.05, 0.1) is 11.9 Å². The molecule has 0 saturated carbocycles. The molecule has 2 aromatic carbocycles. The third kappa shape index (κ3) is 8.35. The molecule has 204 valence electrons. The molecule has 0 saturated heterocycles. The van der Waals surface area contributed by atoms with Crippen LogP contribution in [0.5, 0.6) is 0 Å². The predicted molar refractivity (Wildman–Crippen MR) is 152 cm³/mol. The van der Waals surface area contributed by atoms with Gasteiger partial charge in [-0.3, -0.25) is 13.9 Å². The van der Waals surface area contributed by atoms with Gasteiger partial charge < -0.3 is 10.2 Å². The maximum absolute atomic E-state index is 13.9. The molecule has 0 aliphatic carbocycles. The van der Waals surface area contributed by atoms with Gasteiger partial charge in [-0.05, 0) is 56.9 Å². The van der Waals surface area contributed by atoms with Gasteiger partial charge in [0, 0.05) is 27.7 Å². The van der Waals surface area contributed by atoms with Gasteiger partial charge in [0.1, 0.15) is 12.6 Å². The molecule has 0 aliphatic rings. The van der Waals surface area contributed by atoms with Crippen molar-refractivity contribution in [1.29, 1.82) is 0 Å². The van der Waals surface area contributed by atoms with Crippen LogP contribution in [0.2, 0.25) is 10.0 Å². The summed E-state index contributed by atoms with van der Waals surface area (Å²) in [6, 6.07) is 11.2. The summed E-state index contributed by atoms with van der Waals surface area (Å²) in [7, 11) is -3.84. The smallest absolute Gasteiger partial charge is 0.244 e. The number of anilines is 1. The van der Waals surface area contributed by atoms with Gasteiger partial charge in [0.25, 0.3) is 0 Å². The number of hydrogen-bond acceptors (Lipinski definition) is 4. The molecule has 37 heavy (non-hydrogen) atoms. The second kappa shape index (κ2) is 12.5. The first-order valence-corrected chi connectivity index (χ1v) is 14.8. The lowest BCUT2D eigenvalue weighted by Gasteiger charge is -2.35. The molecule has 10 heteroatoms. The van der Waals surface area contributed by atoms with E-state index in [1.807, 2.05) is 46.8 Å². The lowest BCUT2D eigenvalue weighted by atomic mass is 10.0. The number of amides is 2. The minimum Gasteiger partial charge on any atom is -0.350 e. The third-order valence-corrected chi connectivity index (χ3v) is 7.62. The van der Waals surface area contributed by atoms with Crippen LogP contribution in [0, 0.1) is 0 Å². The summed E-state index contributed by atoms with van der Waals surface area (Å²) in [6.07, 6.45) is 1.37. The number of para-hydroxylation sites is 1. The average Bonchev–Trinajstić information content (AvgIpc) is 2.77. The molecule has 0 radical (unpaired) electrons. The van der Waals surface area contributed by atoms with Crippen LogP contribution in [0.25, 0.3) is 0 Å². The summed E-state index contributed by atoms with van der Waals surface area (Å²) in [5.41, 5.74) is 1.17. The van der Waals surface area contributed by atoms with Gasteiger partial charge in [0.15, 0.2) is 0 Å². The van der Waals surface area contributed by atoms with Gasteiger partial charge >= 0.3 is 0 Å². The number of benzene rings is 2. The molecule has 1 N–H and O–H groups in total. The van der Waals surface area contributed by atoms with Crippen molar-refractivity contribution in [3.8, 4) is 0 Å². The Labute approximate surface area is 231 Å². The van der Waals surface area contributed by atoms with Gasteiger partial charge in [-0.15, -0.1) is 0 Å². The Kier molecular flexibility index (Phi) is 10.5. The molecule has 0 aromatic heterocycles. The van der Waals surface area contributed by atoms with Crippen LogP contribution in [0.15, 0.2) is 42.5 Å². The van der Waals surface area contributed by atoms with E-state index in [-0.39, 0.29) is 18.4 Å². The zero-order valence-corrected chi connectivity index (χ0v) is 24.8. The fourth-order valence-corrected chi connectivity index (χ4v) is 5.41. The minimum atomic E-state index is -3.84. The van der Waals surface area contributed by atoms with E-state index in [0.29, 0.717) is 27.7 Å². The Bertz CT molecular complexity index is 1210. The van der Waals surface area contributed by atoms with E-state index in [4.69, 9.17) is 23.2 Å². The van der Waals surface area contributed by atoms with Crippen molar-refractivity contribution in [3.63, 3.8) is 0 Å². The van der Waals surface area contributed by atoms with Crippen molar-refractivity contribution in [3.05, 3.63) is 63.6 Å². The van der Waals surface area contributed by atoms with Crippen molar-refractivity contribution in [2.45, 2.75) is 72.0 Å².